The van der Waals surface area contributed by atoms with Gasteiger partial charge in [0.05, 0.1) is 18.0 Å². The predicted molar refractivity (Wildman–Crippen MR) is 127 cm³/mol. The highest BCUT2D eigenvalue weighted by atomic mass is 19.1. The SMILES string of the molecule is CCCCCCCN1CCN(c2c(F)cc3c(=O)c(C(=O)O)cn(C4CC4)c3c2OC)CC1. The van der Waals surface area contributed by atoms with Crippen LogP contribution in [-0.4, -0.2) is 60.4 Å². The van der Waals surface area contributed by atoms with E-state index < -0.39 is 17.2 Å². The Bertz CT molecular complexity index is 1070. The van der Waals surface area contributed by atoms with Crippen molar-refractivity contribution in [2.24, 2.45) is 0 Å². The molecule has 4 rings (SSSR count). The van der Waals surface area contributed by atoms with Crippen LogP contribution in [0.25, 0.3) is 10.9 Å². The Labute approximate surface area is 193 Å². The van der Waals surface area contributed by atoms with Gasteiger partial charge in [-0.15, -0.1) is 0 Å². The molecule has 0 unspecified atom stereocenters. The van der Waals surface area contributed by atoms with E-state index >= 15 is 4.39 Å². The minimum atomic E-state index is -1.30. The van der Waals surface area contributed by atoms with Gasteiger partial charge in [-0.05, 0) is 31.9 Å². The van der Waals surface area contributed by atoms with E-state index in [1.54, 1.807) is 4.57 Å². The molecule has 180 valence electrons. The van der Waals surface area contributed by atoms with Crippen molar-refractivity contribution < 1.29 is 19.0 Å². The maximum Gasteiger partial charge on any atom is 0.341 e. The number of ether oxygens (including phenoxy) is 1. The van der Waals surface area contributed by atoms with Crippen LogP contribution in [0.15, 0.2) is 17.1 Å². The number of carboxylic acids is 1. The molecule has 8 heteroatoms. The summed E-state index contributed by atoms with van der Waals surface area (Å²) < 4.78 is 22.9. The molecule has 1 aliphatic heterocycles. The van der Waals surface area contributed by atoms with Gasteiger partial charge in [-0.25, -0.2) is 9.18 Å². The summed E-state index contributed by atoms with van der Waals surface area (Å²) >= 11 is 0. The van der Waals surface area contributed by atoms with Crippen LogP contribution in [-0.2, 0) is 0 Å². The van der Waals surface area contributed by atoms with Crippen molar-refractivity contribution in [1.82, 2.24) is 9.47 Å². The molecule has 2 aliphatic rings. The van der Waals surface area contributed by atoms with Crippen LogP contribution >= 0.6 is 0 Å². The summed E-state index contributed by atoms with van der Waals surface area (Å²) in [7, 11) is 1.48. The normalized spacial score (nSPS) is 17.0. The van der Waals surface area contributed by atoms with Gasteiger partial charge in [-0.3, -0.25) is 9.69 Å². The van der Waals surface area contributed by atoms with Crippen LogP contribution in [0.4, 0.5) is 10.1 Å². The Morgan fingerprint density at radius 2 is 1.85 bits per heavy atom. The fraction of sp³-hybridized carbons (Fsp3) is 0.600. The topological polar surface area (TPSA) is 75.0 Å². The second-order valence-electron chi connectivity index (χ2n) is 9.19. The van der Waals surface area contributed by atoms with E-state index in [-0.39, 0.29) is 17.0 Å². The first-order valence-electron chi connectivity index (χ1n) is 12.1. The molecule has 1 saturated carbocycles. The first kappa shape index (κ1) is 23.5. The number of anilines is 1. The van der Waals surface area contributed by atoms with Gasteiger partial charge in [0.1, 0.15) is 11.3 Å². The Hall–Kier alpha value is -2.61. The summed E-state index contributed by atoms with van der Waals surface area (Å²) in [6, 6.07) is 1.30. The Kier molecular flexibility index (Phi) is 7.22. The van der Waals surface area contributed by atoms with Gasteiger partial charge in [0.2, 0.25) is 5.43 Å². The average molecular weight is 460 g/mol. The third-order valence-corrected chi connectivity index (χ3v) is 6.84. The van der Waals surface area contributed by atoms with Crippen molar-refractivity contribution in [3.8, 4) is 5.75 Å². The second kappa shape index (κ2) is 10.1. The number of carbonyl (C=O) groups is 1. The van der Waals surface area contributed by atoms with Crippen LogP contribution in [0, 0.1) is 5.82 Å². The monoisotopic (exact) mass is 459 g/mol. The molecular formula is C25H34FN3O4. The Morgan fingerprint density at radius 3 is 2.45 bits per heavy atom. The quantitative estimate of drug-likeness (QED) is 0.535. The number of fused-ring (bicyclic) bond motifs is 1. The summed E-state index contributed by atoms with van der Waals surface area (Å²) in [6.07, 6.45) is 9.42. The minimum absolute atomic E-state index is 0.0608. The Morgan fingerprint density at radius 1 is 1.15 bits per heavy atom. The maximum atomic E-state index is 15.4. The molecule has 0 radical (unpaired) electrons. The highest BCUT2D eigenvalue weighted by Crippen LogP contribution is 2.43. The largest absolute Gasteiger partial charge is 0.492 e. The molecule has 7 nitrogen and oxygen atoms in total. The highest BCUT2D eigenvalue weighted by Gasteiger charge is 2.32. The molecule has 1 aromatic heterocycles. The van der Waals surface area contributed by atoms with E-state index in [2.05, 4.69) is 11.8 Å². The van der Waals surface area contributed by atoms with Gasteiger partial charge >= 0.3 is 5.97 Å². The zero-order valence-corrected chi connectivity index (χ0v) is 19.6. The lowest BCUT2D eigenvalue weighted by molar-refractivity contribution is 0.0695. The van der Waals surface area contributed by atoms with Gasteiger partial charge in [0.15, 0.2) is 11.6 Å². The molecule has 0 atom stereocenters. The van der Waals surface area contributed by atoms with Gasteiger partial charge in [0, 0.05) is 38.4 Å². The van der Waals surface area contributed by atoms with Crippen molar-refractivity contribution in [3.05, 3.63) is 33.9 Å². The number of aromatic nitrogens is 1. The number of halogens is 1. The average Bonchev–Trinajstić information content (AvgIpc) is 3.64. The van der Waals surface area contributed by atoms with Crippen molar-refractivity contribution in [1.29, 1.82) is 0 Å². The van der Waals surface area contributed by atoms with Crippen molar-refractivity contribution >= 4 is 22.6 Å². The molecule has 0 spiro atoms. The first-order chi connectivity index (χ1) is 16.0. The maximum absolute atomic E-state index is 15.4. The summed E-state index contributed by atoms with van der Waals surface area (Å²) in [5.74, 6) is -1.53. The second-order valence-corrected chi connectivity index (χ2v) is 9.19. The molecule has 1 N–H and O–H groups in total. The number of piperazine rings is 1. The summed E-state index contributed by atoms with van der Waals surface area (Å²) in [5.41, 5.74) is -0.156. The number of nitrogens with zero attached hydrogens (tertiary/aromatic N) is 3. The molecule has 0 amide bonds. The van der Waals surface area contributed by atoms with Gasteiger partial charge in [0.25, 0.3) is 0 Å². The summed E-state index contributed by atoms with van der Waals surface area (Å²) in [4.78, 5) is 28.9. The number of carboxylic acid groups (broad SMARTS) is 1. The molecule has 1 saturated heterocycles. The predicted octanol–water partition coefficient (Wildman–Crippen LogP) is 4.27. The van der Waals surface area contributed by atoms with Gasteiger partial charge in [-0.1, -0.05) is 32.6 Å². The van der Waals surface area contributed by atoms with Gasteiger partial charge in [-0.2, -0.15) is 0 Å². The van der Waals surface area contributed by atoms with E-state index in [0.717, 1.165) is 32.5 Å². The minimum Gasteiger partial charge on any atom is -0.492 e. The zero-order valence-electron chi connectivity index (χ0n) is 19.6. The van der Waals surface area contributed by atoms with Crippen LogP contribution in [0.1, 0.15) is 68.3 Å². The summed E-state index contributed by atoms with van der Waals surface area (Å²) in [6.45, 7) is 6.33. The number of hydrogen-bond acceptors (Lipinski definition) is 5. The van der Waals surface area contributed by atoms with Gasteiger partial charge < -0.3 is 19.3 Å². The summed E-state index contributed by atoms with van der Waals surface area (Å²) in [5, 5.41) is 9.54. The highest BCUT2D eigenvalue weighted by molar-refractivity contribution is 5.97. The molecular weight excluding hydrogens is 425 g/mol. The lowest BCUT2D eigenvalue weighted by atomic mass is 10.1. The number of aromatic carboxylic acids is 1. The smallest absolute Gasteiger partial charge is 0.341 e. The van der Waals surface area contributed by atoms with E-state index in [9.17, 15) is 14.7 Å². The lowest BCUT2D eigenvalue weighted by Crippen LogP contribution is -2.47. The van der Waals surface area contributed by atoms with Crippen LogP contribution in [0.5, 0.6) is 5.75 Å². The van der Waals surface area contributed by atoms with Crippen LogP contribution in [0.3, 0.4) is 0 Å². The number of hydrogen-bond donors (Lipinski definition) is 1. The van der Waals surface area contributed by atoms with E-state index in [4.69, 9.17) is 4.74 Å². The van der Waals surface area contributed by atoms with E-state index in [1.165, 1.54) is 51.5 Å². The molecule has 0 bridgehead atoms. The van der Waals surface area contributed by atoms with Crippen molar-refractivity contribution in [2.75, 3.05) is 44.7 Å². The first-order valence-corrected chi connectivity index (χ1v) is 12.1. The number of benzene rings is 1. The molecule has 33 heavy (non-hydrogen) atoms. The third kappa shape index (κ3) is 4.86. The van der Waals surface area contributed by atoms with E-state index in [0.29, 0.717) is 30.0 Å². The van der Waals surface area contributed by atoms with Crippen LogP contribution < -0.4 is 15.1 Å². The fourth-order valence-electron chi connectivity index (χ4n) is 4.86. The molecule has 1 aliphatic carbocycles. The standard InChI is InChI=1S/C25H34FN3O4/c1-3-4-5-6-7-10-27-11-13-28(14-12-27)22-20(26)15-18-21(24(22)33-2)29(17-8-9-17)16-19(23(18)30)25(31)32/h15-17H,3-14H2,1-2H3,(H,31,32). The van der Waals surface area contributed by atoms with Crippen LogP contribution in [0.2, 0.25) is 0 Å². The molecule has 2 aromatic rings. The number of methoxy groups -OCH3 is 1. The lowest BCUT2D eigenvalue weighted by Gasteiger charge is -2.37. The fourth-order valence-corrected chi connectivity index (χ4v) is 4.86. The Balaban J connectivity index is 1.62. The van der Waals surface area contributed by atoms with E-state index in [1.807, 2.05) is 4.90 Å². The molecule has 2 fully saturated rings. The number of rotatable bonds is 10. The molecule has 2 heterocycles. The third-order valence-electron chi connectivity index (χ3n) is 6.84. The van der Waals surface area contributed by atoms with Crippen molar-refractivity contribution in [2.45, 2.75) is 57.9 Å². The zero-order chi connectivity index (χ0) is 23.5. The molecule has 1 aromatic carbocycles. The van der Waals surface area contributed by atoms with Crippen molar-refractivity contribution in [3.63, 3.8) is 0 Å². The number of pyridine rings is 1. The number of unbranched alkanes of at least 4 members (excludes halogenated alkanes) is 4.